The monoisotopic (exact) mass is 304 g/mol. The summed E-state index contributed by atoms with van der Waals surface area (Å²) in [4.78, 5) is 1.09. The van der Waals surface area contributed by atoms with Crippen molar-refractivity contribution in [2.45, 2.75) is 19.4 Å². The molecule has 1 atom stereocenters. The molecule has 3 N–H and O–H groups in total. The Bertz CT molecular complexity index is 777. The van der Waals surface area contributed by atoms with Gasteiger partial charge in [-0.25, -0.2) is 4.39 Å². The molecule has 1 aromatic carbocycles. The minimum Gasteiger partial charge on any atom is -0.272 e. The lowest BCUT2D eigenvalue weighted by Crippen LogP contribution is -2.29. The van der Waals surface area contributed by atoms with Gasteiger partial charge in [0.1, 0.15) is 5.82 Å². The zero-order valence-corrected chi connectivity index (χ0v) is 12.7. The van der Waals surface area contributed by atoms with E-state index in [1.54, 1.807) is 23.5 Å². The van der Waals surface area contributed by atoms with Gasteiger partial charge >= 0.3 is 0 Å². The Morgan fingerprint density at radius 2 is 2.19 bits per heavy atom. The van der Waals surface area contributed by atoms with E-state index in [0.29, 0.717) is 0 Å². The Kier molecular flexibility index (Phi) is 3.75. The van der Waals surface area contributed by atoms with Crippen LogP contribution in [0.15, 0.2) is 30.3 Å². The maximum absolute atomic E-state index is 13.3. The molecule has 0 bridgehead atoms. The van der Waals surface area contributed by atoms with E-state index < -0.39 is 0 Å². The number of nitrogens with two attached hydrogens (primary N) is 1. The van der Waals surface area contributed by atoms with Crippen molar-refractivity contribution in [2.75, 3.05) is 0 Å². The number of halogens is 1. The van der Waals surface area contributed by atoms with Crippen LogP contribution in [-0.2, 0) is 13.5 Å². The number of aryl methyl sites for hydroxylation is 2. The van der Waals surface area contributed by atoms with Crippen LogP contribution in [0.1, 0.15) is 22.3 Å². The van der Waals surface area contributed by atoms with E-state index in [4.69, 9.17) is 5.84 Å². The highest BCUT2D eigenvalue weighted by Gasteiger charge is 2.16. The van der Waals surface area contributed by atoms with Crippen LogP contribution in [0.2, 0.25) is 0 Å². The van der Waals surface area contributed by atoms with Crippen molar-refractivity contribution in [3.05, 3.63) is 52.4 Å². The van der Waals surface area contributed by atoms with E-state index in [0.717, 1.165) is 32.8 Å². The van der Waals surface area contributed by atoms with Gasteiger partial charge in [0.05, 0.1) is 11.7 Å². The summed E-state index contributed by atoms with van der Waals surface area (Å²) < 4.78 is 16.1. The molecule has 4 nitrogen and oxygen atoms in total. The number of nitrogens with one attached hydrogen (secondary N) is 1. The third-order valence-corrected chi connectivity index (χ3v) is 4.77. The highest BCUT2D eigenvalue weighted by molar-refractivity contribution is 7.19. The average molecular weight is 304 g/mol. The number of rotatable bonds is 4. The van der Waals surface area contributed by atoms with Crippen LogP contribution in [-0.4, -0.2) is 9.78 Å². The number of hydrogen-bond donors (Lipinski definition) is 2. The van der Waals surface area contributed by atoms with Crippen LogP contribution >= 0.6 is 11.3 Å². The summed E-state index contributed by atoms with van der Waals surface area (Å²) in [7, 11) is 1.93. The van der Waals surface area contributed by atoms with E-state index in [2.05, 4.69) is 22.7 Å². The molecule has 0 spiro atoms. The van der Waals surface area contributed by atoms with E-state index in [1.165, 1.54) is 6.07 Å². The van der Waals surface area contributed by atoms with Gasteiger partial charge < -0.3 is 0 Å². The number of fused-ring (bicyclic) bond motifs is 1. The van der Waals surface area contributed by atoms with Crippen molar-refractivity contribution in [3.63, 3.8) is 0 Å². The molecule has 0 aliphatic heterocycles. The van der Waals surface area contributed by atoms with Gasteiger partial charge in [-0.05, 0) is 36.6 Å². The Hall–Kier alpha value is -1.76. The minimum absolute atomic E-state index is 0.0136. The van der Waals surface area contributed by atoms with Gasteiger partial charge in [-0.1, -0.05) is 6.07 Å². The second-order valence-corrected chi connectivity index (χ2v) is 6.27. The van der Waals surface area contributed by atoms with Crippen molar-refractivity contribution >= 4 is 21.4 Å². The fourth-order valence-corrected chi connectivity index (χ4v) is 3.65. The van der Waals surface area contributed by atoms with Crippen molar-refractivity contribution in [1.29, 1.82) is 0 Å². The summed E-state index contributed by atoms with van der Waals surface area (Å²) in [5, 5.41) is 5.39. The quantitative estimate of drug-likeness (QED) is 0.575. The molecule has 1 unspecified atom stereocenters. The zero-order valence-electron chi connectivity index (χ0n) is 11.9. The molecule has 3 aromatic rings. The first-order valence-electron chi connectivity index (χ1n) is 6.71. The third-order valence-electron chi connectivity index (χ3n) is 3.56. The number of thiophene rings is 1. The van der Waals surface area contributed by atoms with E-state index >= 15 is 0 Å². The van der Waals surface area contributed by atoms with Gasteiger partial charge in [-0.3, -0.25) is 16.0 Å². The second-order valence-electron chi connectivity index (χ2n) is 5.15. The molecule has 2 heterocycles. The predicted octanol–water partition coefficient (Wildman–Crippen LogP) is 2.83. The third kappa shape index (κ3) is 2.83. The molecule has 0 radical (unpaired) electrons. The number of hydrogen-bond acceptors (Lipinski definition) is 4. The summed E-state index contributed by atoms with van der Waals surface area (Å²) in [6.45, 7) is 1.97. The molecule has 0 aliphatic rings. The molecule has 0 fully saturated rings. The number of nitrogens with zero attached hydrogens (tertiary/aromatic N) is 2. The number of aromatic nitrogens is 2. The van der Waals surface area contributed by atoms with Crippen LogP contribution in [0.25, 0.3) is 10.1 Å². The zero-order chi connectivity index (χ0) is 15.0. The highest BCUT2D eigenvalue weighted by Crippen LogP contribution is 2.31. The molecule has 21 heavy (non-hydrogen) atoms. The molecule has 0 amide bonds. The van der Waals surface area contributed by atoms with Gasteiger partial charge in [-0.2, -0.15) is 5.10 Å². The summed E-state index contributed by atoms with van der Waals surface area (Å²) in [5.41, 5.74) is 4.95. The SMILES string of the molecule is Cc1cc(CC(NN)c2cc3ccc(F)cc3s2)n(C)n1. The summed E-state index contributed by atoms with van der Waals surface area (Å²) in [5.74, 6) is 5.50. The topological polar surface area (TPSA) is 55.9 Å². The lowest BCUT2D eigenvalue weighted by Gasteiger charge is -2.13. The first-order valence-corrected chi connectivity index (χ1v) is 7.53. The maximum atomic E-state index is 13.3. The van der Waals surface area contributed by atoms with E-state index in [1.807, 2.05) is 18.7 Å². The van der Waals surface area contributed by atoms with Crippen LogP contribution < -0.4 is 11.3 Å². The molecule has 3 rings (SSSR count). The molecule has 2 aromatic heterocycles. The predicted molar refractivity (Wildman–Crippen MR) is 83.5 cm³/mol. The fourth-order valence-electron chi connectivity index (χ4n) is 2.50. The van der Waals surface area contributed by atoms with Crippen molar-refractivity contribution in [1.82, 2.24) is 15.2 Å². The molecule has 110 valence electrons. The van der Waals surface area contributed by atoms with Crippen molar-refractivity contribution < 1.29 is 4.39 Å². The van der Waals surface area contributed by atoms with Gasteiger partial charge in [0.2, 0.25) is 0 Å². The fraction of sp³-hybridized carbons (Fsp3) is 0.267. The van der Waals surface area contributed by atoms with Gasteiger partial charge in [0.15, 0.2) is 0 Å². The van der Waals surface area contributed by atoms with Crippen LogP contribution in [0, 0.1) is 12.7 Å². The lowest BCUT2D eigenvalue weighted by atomic mass is 10.1. The maximum Gasteiger partial charge on any atom is 0.124 e. The van der Waals surface area contributed by atoms with Gasteiger partial charge in [0.25, 0.3) is 0 Å². The molecular formula is C15H17FN4S. The number of benzene rings is 1. The minimum atomic E-state index is -0.213. The van der Waals surface area contributed by atoms with Gasteiger partial charge in [0, 0.05) is 28.7 Å². The Morgan fingerprint density at radius 3 is 2.86 bits per heavy atom. The van der Waals surface area contributed by atoms with Crippen LogP contribution in [0.5, 0.6) is 0 Å². The first kappa shape index (κ1) is 14.2. The molecule has 6 heteroatoms. The first-order chi connectivity index (χ1) is 10.1. The van der Waals surface area contributed by atoms with Crippen molar-refractivity contribution in [3.8, 4) is 0 Å². The van der Waals surface area contributed by atoms with Crippen molar-refractivity contribution in [2.24, 2.45) is 12.9 Å². The lowest BCUT2D eigenvalue weighted by molar-refractivity contribution is 0.537. The summed E-state index contributed by atoms with van der Waals surface area (Å²) >= 11 is 1.56. The average Bonchev–Trinajstić information content (AvgIpc) is 2.98. The highest BCUT2D eigenvalue weighted by atomic mass is 32.1. The smallest absolute Gasteiger partial charge is 0.124 e. The Balaban J connectivity index is 1.92. The molecular weight excluding hydrogens is 287 g/mol. The summed E-state index contributed by atoms with van der Waals surface area (Å²) in [6, 6.07) is 8.94. The van der Waals surface area contributed by atoms with E-state index in [9.17, 15) is 4.39 Å². The molecule has 0 saturated carbocycles. The largest absolute Gasteiger partial charge is 0.272 e. The second kappa shape index (κ2) is 5.55. The van der Waals surface area contributed by atoms with E-state index in [-0.39, 0.29) is 11.9 Å². The number of hydrazine groups is 1. The molecule has 0 saturated heterocycles. The van der Waals surface area contributed by atoms with Crippen LogP contribution in [0.3, 0.4) is 0 Å². The normalized spacial score (nSPS) is 13.0. The Labute approximate surface area is 126 Å². The summed E-state index contributed by atoms with van der Waals surface area (Å²) in [6.07, 6.45) is 0.739. The standard InChI is InChI=1S/C15H17FN4S/c1-9-5-12(20(2)19-9)8-13(18-17)15-6-10-3-4-11(16)7-14(10)21-15/h3-7,13,18H,8,17H2,1-2H3. The Morgan fingerprint density at radius 1 is 1.38 bits per heavy atom. The van der Waals surface area contributed by atoms with Gasteiger partial charge in [-0.15, -0.1) is 11.3 Å². The van der Waals surface area contributed by atoms with Crippen LogP contribution in [0.4, 0.5) is 4.39 Å². The molecule has 0 aliphatic carbocycles.